The molecule has 0 aliphatic rings. The van der Waals surface area contributed by atoms with Crippen molar-refractivity contribution in [3.05, 3.63) is 29.8 Å². The molecule has 122 valence electrons. The molecule has 1 aromatic rings. The lowest BCUT2D eigenvalue weighted by Gasteiger charge is -2.09. The SMILES string of the molecule is CCCCNC(=O)COCC(=O)Nc1ccc(C(C)C)cc1. The summed E-state index contributed by atoms with van der Waals surface area (Å²) in [5.41, 5.74) is 1.95. The van der Waals surface area contributed by atoms with Crippen LogP contribution in [0.2, 0.25) is 0 Å². The predicted octanol–water partition coefficient (Wildman–Crippen LogP) is 2.68. The minimum absolute atomic E-state index is 0.0938. The van der Waals surface area contributed by atoms with E-state index in [1.165, 1.54) is 5.56 Å². The van der Waals surface area contributed by atoms with Crippen LogP contribution in [0.1, 0.15) is 45.1 Å². The Morgan fingerprint density at radius 1 is 1.09 bits per heavy atom. The maximum absolute atomic E-state index is 11.7. The summed E-state index contributed by atoms with van der Waals surface area (Å²) in [5.74, 6) is 0.000460. The predicted molar refractivity (Wildman–Crippen MR) is 87.9 cm³/mol. The summed E-state index contributed by atoms with van der Waals surface area (Å²) in [6.45, 7) is 6.71. The van der Waals surface area contributed by atoms with E-state index in [1.54, 1.807) is 0 Å². The molecule has 2 N–H and O–H groups in total. The number of ether oxygens (including phenoxy) is 1. The summed E-state index contributed by atoms with van der Waals surface area (Å²) < 4.78 is 5.10. The number of hydrogen-bond donors (Lipinski definition) is 2. The second kappa shape index (κ2) is 9.95. The number of rotatable bonds is 9. The molecule has 22 heavy (non-hydrogen) atoms. The third-order valence-corrected chi connectivity index (χ3v) is 3.18. The van der Waals surface area contributed by atoms with Crippen LogP contribution in [-0.2, 0) is 14.3 Å². The van der Waals surface area contributed by atoms with Gasteiger partial charge < -0.3 is 15.4 Å². The molecule has 0 aliphatic heterocycles. The van der Waals surface area contributed by atoms with Crippen molar-refractivity contribution < 1.29 is 14.3 Å². The lowest BCUT2D eigenvalue weighted by atomic mass is 10.0. The number of nitrogens with one attached hydrogen (secondary N) is 2. The van der Waals surface area contributed by atoms with E-state index < -0.39 is 0 Å². The van der Waals surface area contributed by atoms with Crippen molar-refractivity contribution in [2.45, 2.75) is 39.5 Å². The van der Waals surface area contributed by atoms with Gasteiger partial charge in [-0.3, -0.25) is 9.59 Å². The fraction of sp³-hybridized carbons (Fsp3) is 0.529. The van der Waals surface area contributed by atoms with Gasteiger partial charge in [0.25, 0.3) is 0 Å². The third kappa shape index (κ3) is 7.22. The van der Waals surface area contributed by atoms with Crippen molar-refractivity contribution in [1.29, 1.82) is 0 Å². The zero-order valence-corrected chi connectivity index (χ0v) is 13.6. The van der Waals surface area contributed by atoms with Gasteiger partial charge in [0.15, 0.2) is 0 Å². The second-order valence-corrected chi connectivity index (χ2v) is 5.52. The number of benzene rings is 1. The van der Waals surface area contributed by atoms with Crippen molar-refractivity contribution in [2.75, 3.05) is 25.1 Å². The molecular formula is C17H26N2O3. The number of carbonyl (C=O) groups is 2. The summed E-state index contributed by atoms with van der Waals surface area (Å²) in [5, 5.41) is 5.47. The number of amides is 2. The van der Waals surface area contributed by atoms with Crippen molar-refractivity contribution in [2.24, 2.45) is 0 Å². The van der Waals surface area contributed by atoms with E-state index >= 15 is 0 Å². The van der Waals surface area contributed by atoms with Gasteiger partial charge in [-0.2, -0.15) is 0 Å². The van der Waals surface area contributed by atoms with Crippen LogP contribution >= 0.6 is 0 Å². The topological polar surface area (TPSA) is 67.4 Å². The molecule has 0 fully saturated rings. The Hall–Kier alpha value is -1.88. The van der Waals surface area contributed by atoms with Gasteiger partial charge in [-0.05, 0) is 30.0 Å². The van der Waals surface area contributed by atoms with Crippen LogP contribution < -0.4 is 10.6 Å². The van der Waals surface area contributed by atoms with Crippen molar-refractivity contribution >= 4 is 17.5 Å². The number of hydrogen-bond acceptors (Lipinski definition) is 3. The van der Waals surface area contributed by atoms with Gasteiger partial charge in [-0.25, -0.2) is 0 Å². The molecule has 0 radical (unpaired) electrons. The Morgan fingerprint density at radius 2 is 1.73 bits per heavy atom. The summed E-state index contributed by atoms with van der Waals surface area (Å²) in [6, 6.07) is 7.71. The summed E-state index contributed by atoms with van der Waals surface area (Å²) in [7, 11) is 0. The van der Waals surface area contributed by atoms with Crippen LogP contribution in [0.3, 0.4) is 0 Å². The minimum atomic E-state index is -0.265. The van der Waals surface area contributed by atoms with E-state index in [0.717, 1.165) is 18.5 Å². The molecule has 5 heteroatoms. The lowest BCUT2D eigenvalue weighted by Crippen LogP contribution is -2.30. The molecule has 2 amide bonds. The quantitative estimate of drug-likeness (QED) is 0.689. The first-order valence-corrected chi connectivity index (χ1v) is 7.77. The fourth-order valence-corrected chi connectivity index (χ4v) is 1.84. The summed E-state index contributed by atoms with van der Waals surface area (Å²) >= 11 is 0. The number of unbranched alkanes of at least 4 members (excludes halogenated alkanes) is 1. The van der Waals surface area contributed by atoms with E-state index in [2.05, 4.69) is 31.4 Å². The van der Waals surface area contributed by atoms with Crippen molar-refractivity contribution in [1.82, 2.24) is 5.32 Å². The van der Waals surface area contributed by atoms with Crippen LogP contribution in [0.4, 0.5) is 5.69 Å². The van der Waals surface area contributed by atoms with Gasteiger partial charge in [-0.15, -0.1) is 0 Å². The van der Waals surface area contributed by atoms with Gasteiger partial charge in [-0.1, -0.05) is 39.3 Å². The van der Waals surface area contributed by atoms with Gasteiger partial charge >= 0.3 is 0 Å². The highest BCUT2D eigenvalue weighted by molar-refractivity contribution is 5.91. The highest BCUT2D eigenvalue weighted by Crippen LogP contribution is 2.16. The highest BCUT2D eigenvalue weighted by Gasteiger charge is 2.06. The molecule has 0 aromatic heterocycles. The van der Waals surface area contributed by atoms with Crippen LogP contribution in [0.25, 0.3) is 0 Å². The Kier molecular flexibility index (Phi) is 8.22. The molecule has 0 bridgehead atoms. The fourth-order valence-electron chi connectivity index (χ4n) is 1.84. The standard InChI is InChI=1S/C17H26N2O3/c1-4-5-10-18-16(20)11-22-12-17(21)19-15-8-6-14(7-9-15)13(2)3/h6-9,13H,4-5,10-12H2,1-3H3,(H,18,20)(H,19,21). The van der Waals surface area contributed by atoms with Crippen LogP contribution in [-0.4, -0.2) is 31.6 Å². The smallest absolute Gasteiger partial charge is 0.250 e. The van der Waals surface area contributed by atoms with Gasteiger partial charge in [0, 0.05) is 12.2 Å². The first-order valence-electron chi connectivity index (χ1n) is 7.77. The van der Waals surface area contributed by atoms with E-state index in [-0.39, 0.29) is 25.0 Å². The molecule has 0 aliphatic carbocycles. The maximum atomic E-state index is 11.7. The van der Waals surface area contributed by atoms with Crippen LogP contribution in [0.15, 0.2) is 24.3 Å². The Balaban J connectivity index is 2.24. The molecule has 0 saturated heterocycles. The van der Waals surface area contributed by atoms with Crippen molar-refractivity contribution in [3.8, 4) is 0 Å². The van der Waals surface area contributed by atoms with Crippen LogP contribution in [0, 0.1) is 0 Å². The molecule has 0 saturated carbocycles. The van der Waals surface area contributed by atoms with E-state index in [4.69, 9.17) is 4.74 Å². The zero-order valence-electron chi connectivity index (χ0n) is 13.6. The van der Waals surface area contributed by atoms with E-state index in [0.29, 0.717) is 12.5 Å². The minimum Gasteiger partial charge on any atom is -0.362 e. The first-order chi connectivity index (χ1) is 10.5. The molecule has 1 aromatic carbocycles. The monoisotopic (exact) mass is 306 g/mol. The maximum Gasteiger partial charge on any atom is 0.250 e. The number of anilines is 1. The lowest BCUT2D eigenvalue weighted by molar-refractivity contribution is -0.128. The normalized spacial score (nSPS) is 10.5. The summed E-state index contributed by atoms with van der Waals surface area (Å²) in [6.07, 6.45) is 1.97. The van der Waals surface area contributed by atoms with Gasteiger partial charge in [0.05, 0.1) is 0 Å². The third-order valence-electron chi connectivity index (χ3n) is 3.18. The van der Waals surface area contributed by atoms with E-state index in [1.807, 2.05) is 24.3 Å². The molecular weight excluding hydrogens is 280 g/mol. The molecule has 0 heterocycles. The Morgan fingerprint density at radius 3 is 2.32 bits per heavy atom. The summed E-state index contributed by atoms with van der Waals surface area (Å²) in [4.78, 5) is 23.1. The van der Waals surface area contributed by atoms with Crippen molar-refractivity contribution in [3.63, 3.8) is 0 Å². The molecule has 5 nitrogen and oxygen atoms in total. The Labute approximate surface area is 132 Å². The van der Waals surface area contributed by atoms with Gasteiger partial charge in [0.1, 0.15) is 13.2 Å². The number of carbonyl (C=O) groups excluding carboxylic acids is 2. The molecule has 0 unspecified atom stereocenters. The second-order valence-electron chi connectivity index (χ2n) is 5.52. The van der Waals surface area contributed by atoms with E-state index in [9.17, 15) is 9.59 Å². The largest absolute Gasteiger partial charge is 0.362 e. The first kappa shape index (κ1) is 18.2. The van der Waals surface area contributed by atoms with Gasteiger partial charge in [0.2, 0.25) is 11.8 Å². The zero-order chi connectivity index (χ0) is 16.4. The average molecular weight is 306 g/mol. The molecule has 0 atom stereocenters. The molecule has 0 spiro atoms. The average Bonchev–Trinajstić information content (AvgIpc) is 2.48. The highest BCUT2D eigenvalue weighted by atomic mass is 16.5. The molecule has 1 rings (SSSR count). The van der Waals surface area contributed by atoms with Crippen LogP contribution in [0.5, 0.6) is 0 Å². The Bertz CT molecular complexity index is 469.